The van der Waals surface area contributed by atoms with E-state index in [4.69, 9.17) is 0 Å². The van der Waals surface area contributed by atoms with E-state index in [0.717, 1.165) is 10.0 Å². The lowest BCUT2D eigenvalue weighted by Gasteiger charge is -2.11. The first-order chi connectivity index (χ1) is 8.90. The van der Waals surface area contributed by atoms with Gasteiger partial charge in [0.05, 0.1) is 10.9 Å². The summed E-state index contributed by atoms with van der Waals surface area (Å²) >= 11 is 3.33. The van der Waals surface area contributed by atoms with Crippen LogP contribution in [0.2, 0.25) is 0 Å². The van der Waals surface area contributed by atoms with Crippen molar-refractivity contribution in [3.8, 4) is 0 Å². The summed E-state index contributed by atoms with van der Waals surface area (Å²) in [4.78, 5) is 0.198. The fraction of sp³-hybridized carbons (Fsp3) is 0.300. The van der Waals surface area contributed by atoms with Crippen LogP contribution in [-0.4, -0.2) is 29.0 Å². The molecule has 1 aromatic heterocycles. The number of H-pyrrole nitrogens is 1. The van der Waals surface area contributed by atoms with Gasteiger partial charge in [0.1, 0.15) is 0 Å². The second kappa shape index (κ2) is 5.35. The van der Waals surface area contributed by atoms with Crippen LogP contribution in [0.15, 0.2) is 27.6 Å². The van der Waals surface area contributed by atoms with Crippen LogP contribution < -0.4 is 4.72 Å². The molecule has 1 unspecified atom stereocenters. The Bertz CT molecular complexity index is 671. The molecule has 0 aliphatic heterocycles. The van der Waals surface area contributed by atoms with Gasteiger partial charge in [0, 0.05) is 4.47 Å². The van der Waals surface area contributed by atoms with Crippen molar-refractivity contribution >= 4 is 26.0 Å². The maximum absolute atomic E-state index is 12.2. The Morgan fingerprint density at radius 2 is 2.16 bits per heavy atom. The highest BCUT2D eigenvalue weighted by Gasteiger charge is 2.21. The normalized spacial score (nSPS) is 13.4. The number of tetrazole rings is 1. The third-order valence-electron chi connectivity index (χ3n) is 2.52. The van der Waals surface area contributed by atoms with Crippen molar-refractivity contribution in [3.63, 3.8) is 0 Å². The highest BCUT2D eigenvalue weighted by molar-refractivity contribution is 9.10. The predicted molar refractivity (Wildman–Crippen MR) is 71.8 cm³/mol. The van der Waals surface area contributed by atoms with Crippen LogP contribution in [0.3, 0.4) is 0 Å². The summed E-state index contributed by atoms with van der Waals surface area (Å²) in [5, 5.41) is 13.2. The summed E-state index contributed by atoms with van der Waals surface area (Å²) in [6, 6.07) is 4.26. The van der Waals surface area contributed by atoms with Gasteiger partial charge in [-0.15, -0.1) is 10.2 Å². The molecule has 2 aromatic rings. The summed E-state index contributed by atoms with van der Waals surface area (Å²) in [5.41, 5.74) is 0.843. The fourth-order valence-electron chi connectivity index (χ4n) is 1.49. The second-order valence-corrected chi connectivity index (χ2v) is 6.59. The van der Waals surface area contributed by atoms with Gasteiger partial charge >= 0.3 is 0 Å². The van der Waals surface area contributed by atoms with E-state index in [2.05, 4.69) is 41.3 Å². The zero-order valence-corrected chi connectivity index (χ0v) is 12.7. The largest absolute Gasteiger partial charge is 0.241 e. The molecule has 0 fully saturated rings. The number of hydrogen-bond donors (Lipinski definition) is 2. The Labute approximate surface area is 119 Å². The third kappa shape index (κ3) is 3.17. The van der Waals surface area contributed by atoms with E-state index in [1.165, 1.54) is 6.07 Å². The minimum Gasteiger partial charge on any atom is -0.207 e. The number of aromatic nitrogens is 4. The average Bonchev–Trinajstić information content (AvgIpc) is 2.85. The number of hydrogen-bond acceptors (Lipinski definition) is 5. The van der Waals surface area contributed by atoms with Gasteiger partial charge in [0.25, 0.3) is 0 Å². The molecule has 0 aliphatic rings. The minimum absolute atomic E-state index is 0.198. The summed E-state index contributed by atoms with van der Waals surface area (Å²) in [5.74, 6) is 0.289. The molecule has 0 bridgehead atoms. The van der Waals surface area contributed by atoms with Crippen molar-refractivity contribution in [2.75, 3.05) is 0 Å². The van der Waals surface area contributed by atoms with Crippen molar-refractivity contribution in [3.05, 3.63) is 34.1 Å². The van der Waals surface area contributed by atoms with Crippen molar-refractivity contribution in [1.82, 2.24) is 25.3 Å². The van der Waals surface area contributed by atoms with E-state index in [1.807, 2.05) is 6.92 Å². The molecule has 0 saturated heterocycles. The Balaban J connectivity index is 2.25. The van der Waals surface area contributed by atoms with Gasteiger partial charge in [-0.3, -0.25) is 0 Å². The number of sulfonamides is 1. The maximum Gasteiger partial charge on any atom is 0.241 e. The lowest BCUT2D eigenvalue weighted by Crippen LogP contribution is -2.27. The average molecular weight is 346 g/mol. The Kier molecular flexibility index (Phi) is 3.97. The molecular formula is C10H12BrN5O2S. The van der Waals surface area contributed by atoms with E-state index in [0.29, 0.717) is 0 Å². The van der Waals surface area contributed by atoms with Crippen molar-refractivity contribution in [2.45, 2.75) is 24.8 Å². The molecule has 1 atom stereocenters. The van der Waals surface area contributed by atoms with Gasteiger partial charge in [-0.05, 0) is 37.6 Å². The van der Waals surface area contributed by atoms with Crippen LogP contribution in [0.1, 0.15) is 24.4 Å². The van der Waals surface area contributed by atoms with E-state index < -0.39 is 16.1 Å². The van der Waals surface area contributed by atoms with Gasteiger partial charge in [-0.2, -0.15) is 5.21 Å². The maximum atomic E-state index is 12.2. The quantitative estimate of drug-likeness (QED) is 0.869. The first-order valence-corrected chi connectivity index (χ1v) is 7.69. The first kappa shape index (κ1) is 14.1. The van der Waals surface area contributed by atoms with Crippen molar-refractivity contribution < 1.29 is 8.42 Å². The topological polar surface area (TPSA) is 101 Å². The van der Waals surface area contributed by atoms with Crippen LogP contribution in [0.4, 0.5) is 0 Å². The molecule has 0 spiro atoms. The summed E-state index contributed by atoms with van der Waals surface area (Å²) < 4.78 is 27.7. The van der Waals surface area contributed by atoms with Gasteiger partial charge in [0.15, 0.2) is 5.82 Å². The second-order valence-electron chi connectivity index (χ2n) is 4.02. The number of rotatable bonds is 4. The molecule has 2 rings (SSSR count). The lowest BCUT2D eigenvalue weighted by atomic mass is 10.2. The van der Waals surface area contributed by atoms with Crippen molar-refractivity contribution in [2.24, 2.45) is 0 Å². The van der Waals surface area contributed by atoms with Crippen LogP contribution in [0.25, 0.3) is 0 Å². The van der Waals surface area contributed by atoms with E-state index in [9.17, 15) is 8.42 Å². The molecule has 0 aliphatic carbocycles. The molecular weight excluding hydrogens is 334 g/mol. The molecule has 0 amide bonds. The zero-order valence-electron chi connectivity index (χ0n) is 10.3. The highest BCUT2D eigenvalue weighted by Crippen LogP contribution is 2.21. The highest BCUT2D eigenvalue weighted by atomic mass is 79.9. The third-order valence-corrected chi connectivity index (χ3v) is 4.95. The van der Waals surface area contributed by atoms with Gasteiger partial charge < -0.3 is 0 Å². The van der Waals surface area contributed by atoms with E-state index in [-0.39, 0.29) is 10.7 Å². The SMILES string of the molecule is Cc1cc(S(=O)(=O)NC(C)c2nn[nH]n2)ccc1Br. The number of aryl methyl sites for hydroxylation is 1. The lowest BCUT2D eigenvalue weighted by molar-refractivity contribution is 0.560. The Hall–Kier alpha value is -1.32. The summed E-state index contributed by atoms with van der Waals surface area (Å²) in [6.45, 7) is 3.47. The minimum atomic E-state index is -3.62. The molecule has 9 heteroatoms. The molecule has 1 heterocycles. The molecule has 0 radical (unpaired) electrons. The van der Waals surface area contributed by atoms with Crippen molar-refractivity contribution in [1.29, 1.82) is 0 Å². The predicted octanol–water partition coefficient (Wildman–Crippen LogP) is 1.31. The summed E-state index contributed by atoms with van der Waals surface area (Å²) in [6.07, 6.45) is 0. The standard InChI is InChI=1S/C10H12BrN5O2S/c1-6-5-8(3-4-9(6)11)19(17,18)14-7(2)10-12-15-16-13-10/h3-5,7,14H,1-2H3,(H,12,13,15,16). The van der Waals surface area contributed by atoms with E-state index >= 15 is 0 Å². The van der Waals surface area contributed by atoms with Crippen LogP contribution >= 0.6 is 15.9 Å². The zero-order chi connectivity index (χ0) is 14.0. The molecule has 0 saturated carbocycles. The van der Waals surface area contributed by atoms with Gasteiger partial charge in [0.2, 0.25) is 10.0 Å². The molecule has 7 nitrogen and oxygen atoms in total. The van der Waals surface area contributed by atoms with Crippen LogP contribution in [0, 0.1) is 6.92 Å². The monoisotopic (exact) mass is 345 g/mol. The number of halogens is 1. The number of nitrogens with one attached hydrogen (secondary N) is 2. The fourth-order valence-corrected chi connectivity index (χ4v) is 3.02. The van der Waals surface area contributed by atoms with E-state index in [1.54, 1.807) is 19.1 Å². The Morgan fingerprint density at radius 1 is 1.42 bits per heavy atom. The van der Waals surface area contributed by atoms with Crippen LogP contribution in [-0.2, 0) is 10.0 Å². The molecule has 2 N–H and O–H groups in total. The number of benzene rings is 1. The van der Waals surface area contributed by atoms with Crippen LogP contribution in [0.5, 0.6) is 0 Å². The van der Waals surface area contributed by atoms with Gasteiger partial charge in [-0.1, -0.05) is 21.1 Å². The molecule has 102 valence electrons. The molecule has 1 aromatic carbocycles. The smallest absolute Gasteiger partial charge is 0.207 e. The Morgan fingerprint density at radius 3 is 2.74 bits per heavy atom. The number of nitrogens with zero attached hydrogens (tertiary/aromatic N) is 3. The van der Waals surface area contributed by atoms with Gasteiger partial charge in [-0.25, -0.2) is 13.1 Å². The first-order valence-electron chi connectivity index (χ1n) is 5.42. The molecule has 19 heavy (non-hydrogen) atoms. The summed E-state index contributed by atoms with van der Waals surface area (Å²) in [7, 11) is -3.62. The number of aromatic amines is 1.